The second-order valence-corrected chi connectivity index (χ2v) is 10.1. The summed E-state index contributed by atoms with van der Waals surface area (Å²) in [5.41, 5.74) is 6.18. The highest BCUT2D eigenvalue weighted by atomic mass is 32.2. The van der Waals surface area contributed by atoms with Crippen LogP contribution >= 0.6 is 23.1 Å². The van der Waals surface area contributed by atoms with Crippen LogP contribution < -0.4 is 10.2 Å². The molecule has 1 amide bonds. The summed E-state index contributed by atoms with van der Waals surface area (Å²) in [4.78, 5) is 22.0. The van der Waals surface area contributed by atoms with Crippen molar-refractivity contribution in [1.29, 1.82) is 0 Å². The van der Waals surface area contributed by atoms with Crippen molar-refractivity contribution < 1.29 is 4.79 Å². The summed E-state index contributed by atoms with van der Waals surface area (Å²) < 4.78 is 1.08. The molecule has 3 aromatic rings. The van der Waals surface area contributed by atoms with Crippen molar-refractivity contribution >= 4 is 40.4 Å². The Labute approximate surface area is 192 Å². The quantitative estimate of drug-likeness (QED) is 0.530. The molecule has 0 unspecified atom stereocenters. The Balaban J connectivity index is 1.34. The Hall–Kier alpha value is -2.35. The lowest BCUT2D eigenvalue weighted by Crippen LogP contribution is -2.44. The minimum absolute atomic E-state index is 0.0819. The molecular weight excluding hydrogens is 424 g/mol. The molecule has 162 valence electrons. The predicted molar refractivity (Wildman–Crippen MR) is 132 cm³/mol. The first-order valence-electron chi connectivity index (χ1n) is 10.5. The molecule has 0 bridgehead atoms. The molecule has 4 rings (SSSR count). The lowest BCUT2D eigenvalue weighted by atomic mass is 10.1. The van der Waals surface area contributed by atoms with Crippen molar-refractivity contribution in [3.8, 4) is 0 Å². The van der Waals surface area contributed by atoms with E-state index in [0.717, 1.165) is 47.7 Å². The van der Waals surface area contributed by atoms with Crippen LogP contribution in [-0.4, -0.2) is 49.0 Å². The van der Waals surface area contributed by atoms with Crippen LogP contribution in [0.3, 0.4) is 0 Å². The minimum atomic E-state index is -0.0819. The van der Waals surface area contributed by atoms with Crippen LogP contribution in [0.2, 0.25) is 0 Å². The van der Waals surface area contributed by atoms with Crippen LogP contribution in [0, 0.1) is 13.8 Å². The van der Waals surface area contributed by atoms with Gasteiger partial charge in [-0.05, 0) is 62.4 Å². The number of hydrogen-bond donors (Lipinski definition) is 1. The first-order valence-corrected chi connectivity index (χ1v) is 12.3. The van der Waals surface area contributed by atoms with Gasteiger partial charge in [0.15, 0.2) is 0 Å². The monoisotopic (exact) mass is 452 g/mol. The normalized spacial score (nSPS) is 14.6. The van der Waals surface area contributed by atoms with Crippen molar-refractivity contribution in [3.05, 3.63) is 70.2 Å². The summed E-state index contributed by atoms with van der Waals surface area (Å²) in [7, 11) is 2.16. The molecule has 31 heavy (non-hydrogen) atoms. The second-order valence-electron chi connectivity index (χ2n) is 7.99. The third-order valence-electron chi connectivity index (χ3n) is 5.47. The van der Waals surface area contributed by atoms with Crippen molar-refractivity contribution in [2.45, 2.75) is 23.9 Å². The van der Waals surface area contributed by atoms with Crippen molar-refractivity contribution in [1.82, 2.24) is 9.88 Å². The number of aryl methyl sites for hydroxylation is 2. The zero-order valence-electron chi connectivity index (χ0n) is 18.2. The molecular formula is C24H28N4OS2. The number of thiazole rings is 1. The standard InChI is InChI=1S/C24H28N4OS2/c1-17-14-21(8-9-22(17)28-12-10-27(3)11-13-28)26-23(29)20-6-4-19(5-7-20)16-31-24-25-18(2)15-30-24/h4-9,14-15H,10-13,16H2,1-3H3,(H,26,29). The van der Waals surface area contributed by atoms with Gasteiger partial charge in [0.05, 0.1) is 0 Å². The Kier molecular flexibility index (Phi) is 6.95. The molecule has 1 aliphatic heterocycles. The first kappa shape index (κ1) is 21.9. The van der Waals surface area contributed by atoms with Crippen molar-refractivity contribution in [3.63, 3.8) is 0 Å². The molecule has 2 aromatic carbocycles. The van der Waals surface area contributed by atoms with Gasteiger partial charge >= 0.3 is 0 Å². The third-order valence-corrected chi connectivity index (χ3v) is 7.69. The first-order chi connectivity index (χ1) is 15.0. The highest BCUT2D eigenvalue weighted by Gasteiger charge is 2.16. The fourth-order valence-electron chi connectivity index (χ4n) is 3.63. The molecule has 7 heteroatoms. The lowest BCUT2D eigenvalue weighted by Gasteiger charge is -2.35. The van der Waals surface area contributed by atoms with Gasteiger partial charge in [0, 0.05) is 59.9 Å². The number of rotatable bonds is 6. The van der Waals surface area contributed by atoms with E-state index < -0.39 is 0 Å². The van der Waals surface area contributed by atoms with Crippen LogP contribution in [-0.2, 0) is 5.75 Å². The lowest BCUT2D eigenvalue weighted by molar-refractivity contribution is 0.102. The number of nitrogens with one attached hydrogen (secondary N) is 1. The summed E-state index contributed by atoms with van der Waals surface area (Å²) in [6, 6.07) is 14.0. The molecule has 0 aliphatic carbocycles. The van der Waals surface area contributed by atoms with E-state index in [1.165, 1.54) is 16.8 Å². The average molecular weight is 453 g/mol. The smallest absolute Gasteiger partial charge is 0.255 e. The fourth-order valence-corrected chi connectivity index (χ4v) is 5.44. The Morgan fingerprint density at radius 1 is 1.10 bits per heavy atom. The summed E-state index contributed by atoms with van der Waals surface area (Å²) in [5.74, 6) is 0.767. The Bertz CT molecular complexity index is 1040. The maximum atomic E-state index is 12.7. The van der Waals surface area contributed by atoms with Gasteiger partial charge in [-0.2, -0.15) is 0 Å². The maximum absolute atomic E-state index is 12.7. The largest absolute Gasteiger partial charge is 0.369 e. The highest BCUT2D eigenvalue weighted by Crippen LogP contribution is 2.27. The molecule has 1 aliphatic rings. The van der Waals surface area contributed by atoms with Gasteiger partial charge < -0.3 is 15.1 Å². The summed E-state index contributed by atoms with van der Waals surface area (Å²) in [6.45, 7) is 8.35. The third kappa shape index (κ3) is 5.67. The number of anilines is 2. The molecule has 0 saturated carbocycles. The topological polar surface area (TPSA) is 48.5 Å². The molecule has 0 spiro atoms. The zero-order valence-corrected chi connectivity index (χ0v) is 19.9. The molecule has 5 nitrogen and oxygen atoms in total. The Morgan fingerprint density at radius 3 is 2.48 bits per heavy atom. The van der Waals surface area contributed by atoms with Crippen LogP contribution in [0.1, 0.15) is 27.2 Å². The van der Waals surface area contributed by atoms with E-state index in [1.807, 2.05) is 37.3 Å². The van der Waals surface area contributed by atoms with Crippen molar-refractivity contribution in [2.24, 2.45) is 0 Å². The molecule has 1 aromatic heterocycles. The van der Waals surface area contributed by atoms with Crippen LogP contribution in [0.15, 0.2) is 52.2 Å². The average Bonchev–Trinajstić information content (AvgIpc) is 3.19. The molecule has 1 fully saturated rings. The van der Waals surface area contributed by atoms with Gasteiger partial charge in [-0.3, -0.25) is 4.79 Å². The number of amides is 1. The number of aromatic nitrogens is 1. The van der Waals surface area contributed by atoms with E-state index >= 15 is 0 Å². The summed E-state index contributed by atoms with van der Waals surface area (Å²) in [5, 5.41) is 5.10. The van der Waals surface area contributed by atoms with Crippen LogP contribution in [0.4, 0.5) is 11.4 Å². The van der Waals surface area contributed by atoms with Gasteiger partial charge in [0.25, 0.3) is 5.91 Å². The van der Waals surface area contributed by atoms with Gasteiger partial charge in [-0.15, -0.1) is 11.3 Å². The SMILES string of the molecule is Cc1csc(SCc2ccc(C(=O)Nc3ccc(N4CCN(C)CC4)c(C)c3)cc2)n1. The zero-order chi connectivity index (χ0) is 21.8. The van der Waals surface area contributed by atoms with Gasteiger partial charge in [-0.25, -0.2) is 4.98 Å². The number of benzene rings is 2. The Morgan fingerprint density at radius 2 is 1.84 bits per heavy atom. The fraction of sp³-hybridized carbons (Fsp3) is 0.333. The van der Waals surface area contributed by atoms with Gasteiger partial charge in [0.2, 0.25) is 0 Å². The van der Waals surface area contributed by atoms with E-state index in [-0.39, 0.29) is 5.91 Å². The van der Waals surface area contributed by atoms with Crippen molar-refractivity contribution in [2.75, 3.05) is 43.4 Å². The number of hydrogen-bond acceptors (Lipinski definition) is 6. The number of likely N-dealkylation sites (N-methyl/N-ethyl adjacent to an activating group) is 1. The minimum Gasteiger partial charge on any atom is -0.369 e. The van der Waals surface area contributed by atoms with Crippen LogP contribution in [0.25, 0.3) is 0 Å². The molecule has 2 heterocycles. The van der Waals surface area contributed by atoms with E-state index in [4.69, 9.17) is 0 Å². The molecule has 0 atom stereocenters. The predicted octanol–water partition coefficient (Wildman–Crippen LogP) is 5.06. The number of carbonyl (C=O) groups is 1. The molecule has 1 saturated heterocycles. The van der Waals surface area contributed by atoms with E-state index in [0.29, 0.717) is 5.56 Å². The van der Waals surface area contributed by atoms with Gasteiger partial charge in [-0.1, -0.05) is 23.9 Å². The second kappa shape index (κ2) is 9.85. The van der Waals surface area contributed by atoms with Crippen LogP contribution in [0.5, 0.6) is 0 Å². The number of carbonyl (C=O) groups excluding carboxylic acids is 1. The van der Waals surface area contributed by atoms with E-state index in [1.54, 1.807) is 23.1 Å². The van der Waals surface area contributed by atoms with Gasteiger partial charge in [0.1, 0.15) is 4.34 Å². The summed E-state index contributed by atoms with van der Waals surface area (Å²) in [6.07, 6.45) is 0. The maximum Gasteiger partial charge on any atom is 0.255 e. The van der Waals surface area contributed by atoms with E-state index in [2.05, 4.69) is 51.6 Å². The number of thioether (sulfide) groups is 1. The number of nitrogens with zero attached hydrogens (tertiary/aromatic N) is 3. The summed E-state index contributed by atoms with van der Waals surface area (Å²) >= 11 is 3.40. The molecule has 1 N–H and O–H groups in total. The number of piperazine rings is 1. The highest BCUT2D eigenvalue weighted by molar-refractivity contribution is 8.00. The van der Waals surface area contributed by atoms with E-state index in [9.17, 15) is 4.79 Å². The molecule has 0 radical (unpaired) electrons.